The van der Waals surface area contributed by atoms with Gasteiger partial charge in [-0.15, -0.1) is 30.7 Å². The Morgan fingerprint density at radius 1 is 0.510 bits per heavy atom. The second-order valence-corrected chi connectivity index (χ2v) is 12.8. The van der Waals surface area contributed by atoms with Gasteiger partial charge in [-0.1, -0.05) is 71.1 Å². The Labute approximate surface area is 313 Å². The van der Waals surface area contributed by atoms with Gasteiger partial charge in [0.25, 0.3) is 0 Å². The van der Waals surface area contributed by atoms with E-state index in [2.05, 4.69) is 102 Å². The number of hydrogen-bond donors (Lipinski definition) is 2. The molecule has 1 saturated heterocycles. The third-order valence-corrected chi connectivity index (χ3v) is 7.18. The van der Waals surface area contributed by atoms with Crippen LogP contribution in [0.4, 0.5) is 0 Å². The average molecular weight is 807 g/mol. The first-order chi connectivity index (χ1) is 23.8. The van der Waals surface area contributed by atoms with Crippen LogP contribution in [-0.2, 0) is 45.7 Å². The van der Waals surface area contributed by atoms with Crippen molar-refractivity contribution in [3.8, 4) is 0 Å². The Morgan fingerprint density at radius 2 is 0.863 bits per heavy atom. The summed E-state index contributed by atoms with van der Waals surface area (Å²) >= 11 is 0. The summed E-state index contributed by atoms with van der Waals surface area (Å²) in [7, 11) is -9.89. The molecule has 51 heavy (non-hydrogen) atoms. The van der Waals surface area contributed by atoms with E-state index >= 15 is 0 Å². The number of benzene rings is 2. The second kappa shape index (κ2) is 23.9. The van der Waals surface area contributed by atoms with Crippen LogP contribution < -0.4 is 47.9 Å². The molecule has 0 saturated carbocycles. The number of halogens is 2. The third kappa shape index (κ3) is 22.9. The molecule has 0 bridgehead atoms. The monoisotopic (exact) mass is 804 g/mol. The zero-order valence-corrected chi connectivity index (χ0v) is 32.6. The summed E-state index contributed by atoms with van der Waals surface area (Å²) in [6.45, 7) is 11.2. The fourth-order valence-corrected chi connectivity index (χ4v) is 5.10. The molecule has 2 aromatic carbocycles. The van der Waals surface area contributed by atoms with Crippen molar-refractivity contribution in [3.05, 3.63) is 95.6 Å². The molecule has 21 heteroatoms. The molecule has 276 valence electrons. The molecule has 0 spiro atoms. The van der Waals surface area contributed by atoms with E-state index in [1.807, 2.05) is 21.5 Å². The largest absolute Gasteiger partial charge is 2.00 e. The summed E-state index contributed by atoms with van der Waals surface area (Å²) in [4.78, 5) is 4.98. The molecule has 0 aliphatic carbocycles. The van der Waals surface area contributed by atoms with E-state index in [-0.39, 0.29) is 19.5 Å². The number of nitrogens with one attached hydrogen (secondary N) is 2. The molecule has 18 nitrogen and oxygen atoms in total. The molecule has 1 fully saturated rings. The predicted molar refractivity (Wildman–Crippen MR) is 157 cm³/mol. The van der Waals surface area contributed by atoms with Crippen LogP contribution in [0.3, 0.4) is 0 Å². The van der Waals surface area contributed by atoms with E-state index in [9.17, 15) is 0 Å². The van der Waals surface area contributed by atoms with Gasteiger partial charge >= 0.3 is 19.5 Å². The smallest absolute Gasteiger partial charge is 0.315 e. The topological polar surface area (TPSA) is 276 Å². The van der Waals surface area contributed by atoms with Crippen LogP contribution in [0.25, 0.3) is 0 Å². The molecule has 0 radical (unpaired) electrons. The third-order valence-electron chi connectivity index (χ3n) is 7.18. The van der Waals surface area contributed by atoms with E-state index in [0.29, 0.717) is 0 Å². The van der Waals surface area contributed by atoms with Crippen LogP contribution in [0.5, 0.6) is 0 Å². The van der Waals surface area contributed by atoms with E-state index in [1.54, 1.807) is 0 Å². The molecule has 2 N–H and O–H groups in total. The molecule has 3 heterocycles. The molecule has 4 aromatic rings. The van der Waals surface area contributed by atoms with Crippen LogP contribution in [-0.4, -0.2) is 92.1 Å². The molecule has 0 atom stereocenters. The zero-order chi connectivity index (χ0) is 36.2. The van der Waals surface area contributed by atoms with Gasteiger partial charge in [0.15, 0.2) is 0 Å². The van der Waals surface area contributed by atoms with Crippen LogP contribution in [0, 0.1) is 20.5 Å². The van der Waals surface area contributed by atoms with Crippen molar-refractivity contribution in [2.75, 3.05) is 52.4 Å². The van der Waals surface area contributed by atoms with Gasteiger partial charge in [-0.3, -0.25) is 9.80 Å². The minimum Gasteiger partial charge on any atom is -0.315 e. The number of rotatable bonds is 8. The van der Waals surface area contributed by atoms with Crippen molar-refractivity contribution in [3.63, 3.8) is 0 Å². The molecule has 5 rings (SSSR count). The first-order valence-electron chi connectivity index (χ1n) is 15.8. The van der Waals surface area contributed by atoms with Crippen LogP contribution in [0.15, 0.2) is 73.1 Å². The minimum atomic E-state index is -4.94. The fourth-order valence-electron chi connectivity index (χ4n) is 5.10. The number of aromatic nitrogens is 6. The molecular formula is C30H42Cl2N10O8Zn. The maximum absolute atomic E-state index is 8.49. The molecule has 1 aliphatic heterocycles. The summed E-state index contributed by atoms with van der Waals surface area (Å²) in [6, 6.07) is 20.8. The summed E-state index contributed by atoms with van der Waals surface area (Å²) in [5.41, 5.74) is 4.53. The Morgan fingerprint density at radius 3 is 1.22 bits per heavy atom. The van der Waals surface area contributed by atoms with Gasteiger partial charge in [0.1, 0.15) is 0 Å². The number of hydrogen-bond acceptors (Lipinski definition) is 16. The molecule has 0 amide bonds. The Kier molecular flexibility index (Phi) is 20.9. The first-order valence-corrected chi connectivity index (χ1v) is 18.2. The Bertz CT molecular complexity index is 1330. The van der Waals surface area contributed by atoms with Gasteiger partial charge in [0.05, 0.1) is 36.9 Å². The normalized spacial score (nSPS) is 15.7. The van der Waals surface area contributed by atoms with Crippen molar-refractivity contribution in [1.29, 1.82) is 0 Å². The molecular weight excluding hydrogens is 765 g/mol. The van der Waals surface area contributed by atoms with Gasteiger partial charge < -0.3 is 10.6 Å². The van der Waals surface area contributed by atoms with Crippen molar-refractivity contribution in [1.82, 2.24) is 50.4 Å². The van der Waals surface area contributed by atoms with Crippen molar-refractivity contribution < 1.29 is 77.2 Å². The van der Waals surface area contributed by atoms with E-state index < -0.39 is 20.5 Å². The SMILES string of the molecule is [O-][Cl+3]([O-])([O-])[O-].[O-][Cl+3]([O-])([O-])[O-].[Zn+2].c1ccc(Cn2cc(CN3CCCNCCN(Cc4cn(Cc5ccccc5)nn4)CCCNCC3)nn2)cc1. The summed E-state index contributed by atoms with van der Waals surface area (Å²) < 4.78 is 71.8. The summed E-state index contributed by atoms with van der Waals surface area (Å²) in [6.07, 6.45) is 6.37. The van der Waals surface area contributed by atoms with Gasteiger partial charge in [-0.2, -0.15) is 0 Å². The predicted octanol–water partition coefficient (Wildman–Crippen LogP) is -7.27. The van der Waals surface area contributed by atoms with Gasteiger partial charge in [-0.05, 0) is 50.1 Å². The van der Waals surface area contributed by atoms with Gasteiger partial charge in [0.2, 0.25) is 0 Å². The average Bonchev–Trinajstić information content (AvgIpc) is 3.68. The molecule has 1 aliphatic rings. The van der Waals surface area contributed by atoms with Crippen LogP contribution in [0.1, 0.15) is 35.4 Å². The molecule has 0 unspecified atom stereocenters. The van der Waals surface area contributed by atoms with E-state index in [0.717, 1.165) is 103 Å². The summed E-state index contributed by atoms with van der Waals surface area (Å²) in [5, 5.41) is 24.9. The maximum Gasteiger partial charge on any atom is 2.00 e. The zero-order valence-electron chi connectivity index (χ0n) is 28.1. The Hall–Kier alpha value is -2.56. The van der Waals surface area contributed by atoms with Crippen molar-refractivity contribution in [2.24, 2.45) is 0 Å². The standard InChI is InChI=1S/C30H42N10.2ClHO4.Zn/c1-3-9-27(10-4-1)21-39-25-29(33-35-39)23-37-17-7-13-32-16-20-38(18-8-14-31-15-19-37)24-30-26-40(36-34-30)22-28-11-5-2-6-12-28;2*2-1(3,4)5;/h1-6,9-12,25-26,31-32H,7-8,13-24H2;2*(H,2,3,4,5);/q;;;+2/p-2. The van der Waals surface area contributed by atoms with Crippen molar-refractivity contribution >= 4 is 0 Å². The maximum atomic E-state index is 8.49. The van der Waals surface area contributed by atoms with E-state index in [4.69, 9.17) is 37.3 Å². The fraction of sp³-hybridized carbons (Fsp3) is 0.467. The van der Waals surface area contributed by atoms with Crippen LogP contribution >= 0.6 is 0 Å². The van der Waals surface area contributed by atoms with Gasteiger partial charge in [-0.25, -0.2) is 46.6 Å². The summed E-state index contributed by atoms with van der Waals surface area (Å²) in [5.74, 6) is 0. The Balaban J connectivity index is 0.000000723. The molecule has 2 aromatic heterocycles. The van der Waals surface area contributed by atoms with Gasteiger partial charge in [0, 0.05) is 39.3 Å². The first kappa shape index (κ1) is 44.6. The van der Waals surface area contributed by atoms with Crippen LogP contribution in [0.2, 0.25) is 0 Å². The minimum absolute atomic E-state index is 0. The van der Waals surface area contributed by atoms with Crippen molar-refractivity contribution in [2.45, 2.75) is 39.0 Å². The number of nitrogens with zero attached hydrogens (tertiary/aromatic N) is 8. The second-order valence-electron chi connectivity index (χ2n) is 11.3. The van der Waals surface area contributed by atoms with E-state index in [1.165, 1.54) is 11.1 Å². The quantitative estimate of drug-likeness (QED) is 0.157.